The van der Waals surface area contributed by atoms with Gasteiger partial charge in [0.25, 0.3) is 0 Å². The predicted molar refractivity (Wildman–Crippen MR) is 137 cm³/mol. The maximum Gasteiger partial charge on any atom is 0.377 e. The monoisotopic (exact) mass is 504 g/mol. The number of nitrogens with zero attached hydrogens (tertiary/aromatic N) is 1. The Hall–Kier alpha value is -2.60. The van der Waals surface area contributed by atoms with E-state index in [0.717, 1.165) is 12.0 Å². The Morgan fingerprint density at radius 3 is 2.31 bits per heavy atom. The van der Waals surface area contributed by atoms with Crippen molar-refractivity contribution in [1.82, 2.24) is 4.31 Å². The summed E-state index contributed by atoms with van der Waals surface area (Å²) in [6.07, 6.45) is 0.0729. The molecular weight excluding hydrogens is 469 g/mol. The summed E-state index contributed by atoms with van der Waals surface area (Å²) in [5, 5.41) is 18.3. The molecule has 0 spiro atoms. The molecule has 0 aromatic heterocycles. The average Bonchev–Trinajstić information content (AvgIpc) is 2.82. The maximum absolute atomic E-state index is 13.3. The van der Waals surface area contributed by atoms with Crippen LogP contribution in [-0.2, 0) is 25.8 Å². The second kappa shape index (κ2) is 14.1. The molecule has 4 N–H and O–H groups in total. The molecule has 11 heteroatoms. The van der Waals surface area contributed by atoms with E-state index in [4.69, 9.17) is 25.3 Å². The highest BCUT2D eigenvalue weighted by Gasteiger charge is 2.31. The van der Waals surface area contributed by atoms with Crippen LogP contribution in [-0.4, -0.2) is 71.2 Å². The summed E-state index contributed by atoms with van der Waals surface area (Å²) in [5.41, 5.74) is 7.07. The molecule has 2 rings (SSSR count). The van der Waals surface area contributed by atoms with Gasteiger partial charge in [-0.05, 0) is 54.3 Å². The van der Waals surface area contributed by atoms with Crippen molar-refractivity contribution in [2.75, 3.05) is 39.1 Å². The van der Waals surface area contributed by atoms with Crippen molar-refractivity contribution < 1.29 is 27.7 Å². The van der Waals surface area contributed by atoms with Gasteiger partial charge in [0.2, 0.25) is 10.0 Å². The van der Waals surface area contributed by atoms with Crippen LogP contribution in [0.15, 0.2) is 53.4 Å². The Kier molecular flexibility index (Phi) is 11.5. The van der Waals surface area contributed by atoms with Gasteiger partial charge in [-0.25, -0.2) is 8.42 Å². The molecule has 0 bridgehead atoms. The fraction of sp³-hybridized carbons (Fsp3) is 0.458. The summed E-state index contributed by atoms with van der Waals surface area (Å²) in [4.78, 5) is 0.111. The maximum atomic E-state index is 13.3. The van der Waals surface area contributed by atoms with E-state index in [9.17, 15) is 13.5 Å². The number of hydrogen-bond donors (Lipinski definition) is 3. The summed E-state index contributed by atoms with van der Waals surface area (Å²) in [7, 11) is -0.890. The van der Waals surface area contributed by atoms with E-state index in [1.807, 2.05) is 38.1 Å². The number of benzene rings is 2. The third-order valence-electron chi connectivity index (χ3n) is 5.24. The van der Waals surface area contributed by atoms with Crippen molar-refractivity contribution in [1.29, 1.82) is 5.41 Å². The lowest BCUT2D eigenvalue weighted by Gasteiger charge is -2.29. The lowest BCUT2D eigenvalue weighted by molar-refractivity contribution is 0.130. The van der Waals surface area contributed by atoms with Crippen LogP contribution in [0.2, 0.25) is 5.82 Å². The zero-order valence-electron chi connectivity index (χ0n) is 20.5. The van der Waals surface area contributed by atoms with Gasteiger partial charge < -0.3 is 25.0 Å². The smallest absolute Gasteiger partial charge is 0.377 e. The van der Waals surface area contributed by atoms with Gasteiger partial charge in [0.15, 0.2) is 0 Å². The molecule has 0 aliphatic rings. The van der Waals surface area contributed by atoms with E-state index in [0.29, 0.717) is 31.1 Å². The van der Waals surface area contributed by atoms with Gasteiger partial charge in [0.1, 0.15) is 18.8 Å². The SMILES string of the molecule is COCCOc1ccc(C[C@H]([B]OC=N)C(O)CN(CC(C)C)S(=O)(=O)c2ccc(N)cc2)cc1. The predicted octanol–water partition coefficient (Wildman–Crippen LogP) is 2.58. The van der Waals surface area contributed by atoms with E-state index in [1.165, 1.54) is 36.1 Å². The van der Waals surface area contributed by atoms with E-state index in [1.54, 1.807) is 7.11 Å². The largest absolute Gasteiger partial charge is 0.555 e. The quantitative estimate of drug-likeness (QED) is 0.105. The summed E-state index contributed by atoms with van der Waals surface area (Å²) in [5.74, 6) is 0.171. The van der Waals surface area contributed by atoms with Crippen molar-refractivity contribution in [2.45, 2.75) is 37.1 Å². The minimum Gasteiger partial charge on any atom is -0.555 e. The topological polar surface area (TPSA) is 135 Å². The number of rotatable bonds is 16. The Labute approximate surface area is 209 Å². The fourth-order valence-electron chi connectivity index (χ4n) is 3.46. The first-order chi connectivity index (χ1) is 16.7. The molecule has 9 nitrogen and oxygen atoms in total. The minimum atomic E-state index is -3.86. The van der Waals surface area contributed by atoms with Gasteiger partial charge in [0.05, 0.1) is 17.6 Å². The fourth-order valence-corrected chi connectivity index (χ4v) is 5.08. The van der Waals surface area contributed by atoms with E-state index in [2.05, 4.69) is 0 Å². The van der Waals surface area contributed by atoms with Crippen LogP contribution in [0.4, 0.5) is 5.69 Å². The zero-order chi connectivity index (χ0) is 25.8. The van der Waals surface area contributed by atoms with Crippen LogP contribution in [0, 0.1) is 11.3 Å². The van der Waals surface area contributed by atoms with Crippen LogP contribution in [0.3, 0.4) is 0 Å². The van der Waals surface area contributed by atoms with E-state index >= 15 is 0 Å². The first kappa shape index (κ1) is 28.6. The molecule has 0 saturated heterocycles. The number of methoxy groups -OCH3 is 1. The van der Waals surface area contributed by atoms with Gasteiger partial charge in [-0.2, -0.15) is 4.31 Å². The molecule has 2 atom stereocenters. The first-order valence-electron chi connectivity index (χ1n) is 11.4. The number of aliphatic hydroxyl groups excluding tert-OH is 1. The highest BCUT2D eigenvalue weighted by atomic mass is 32.2. The summed E-state index contributed by atoms with van der Waals surface area (Å²) < 4.78 is 43.6. The summed E-state index contributed by atoms with van der Waals surface area (Å²) in [6, 6.07) is 13.4. The van der Waals surface area contributed by atoms with E-state index in [-0.39, 0.29) is 23.9 Å². The second-order valence-corrected chi connectivity index (χ2v) is 10.5. The van der Waals surface area contributed by atoms with Crippen LogP contribution < -0.4 is 10.5 Å². The minimum absolute atomic E-state index is 0.0386. The van der Waals surface area contributed by atoms with Gasteiger partial charge >= 0.3 is 7.48 Å². The zero-order valence-corrected chi connectivity index (χ0v) is 21.3. The van der Waals surface area contributed by atoms with Crippen molar-refractivity contribution in [3.8, 4) is 5.75 Å². The number of sulfonamides is 1. The molecule has 2 aromatic rings. The molecule has 0 amide bonds. The molecule has 0 saturated carbocycles. The Morgan fingerprint density at radius 1 is 1.09 bits per heavy atom. The number of aliphatic hydroxyl groups is 1. The van der Waals surface area contributed by atoms with Crippen molar-refractivity contribution in [3.05, 3.63) is 54.1 Å². The van der Waals surface area contributed by atoms with Crippen LogP contribution in [0.5, 0.6) is 5.75 Å². The molecular formula is C24H35BN3O6S. The van der Waals surface area contributed by atoms with Crippen LogP contribution >= 0.6 is 0 Å². The normalized spacial score (nSPS) is 13.4. The number of ether oxygens (including phenoxy) is 2. The second-order valence-electron chi connectivity index (χ2n) is 8.60. The van der Waals surface area contributed by atoms with Gasteiger partial charge in [-0.3, -0.25) is 5.41 Å². The molecule has 2 aromatic carbocycles. The molecule has 0 fully saturated rings. The summed E-state index contributed by atoms with van der Waals surface area (Å²) >= 11 is 0. The number of nitrogens with one attached hydrogen (secondary N) is 1. The Bertz CT molecular complexity index is 1000. The Balaban J connectivity index is 2.18. The van der Waals surface area contributed by atoms with E-state index < -0.39 is 21.9 Å². The standard InChI is InChI=1S/C24H35BN3O6S/c1-18(2)15-28(35(30,31)22-10-6-20(27)7-11-22)16-24(29)23(25-34-17-26)14-19-4-8-21(9-5-19)33-13-12-32-3/h4-11,17-18,23-24,26,29H,12-16,27H2,1-3H3/t23-,24?/m0/s1. The molecule has 0 aliphatic carbocycles. The lowest BCUT2D eigenvalue weighted by Crippen LogP contribution is -2.42. The van der Waals surface area contributed by atoms with Gasteiger partial charge in [-0.1, -0.05) is 26.0 Å². The van der Waals surface area contributed by atoms with Crippen LogP contribution in [0.25, 0.3) is 0 Å². The number of anilines is 1. The van der Waals surface area contributed by atoms with Gasteiger partial charge in [-0.15, -0.1) is 0 Å². The molecule has 35 heavy (non-hydrogen) atoms. The molecule has 191 valence electrons. The lowest BCUT2D eigenvalue weighted by atomic mass is 9.72. The molecule has 1 radical (unpaired) electrons. The average molecular weight is 504 g/mol. The highest BCUT2D eigenvalue weighted by molar-refractivity contribution is 7.89. The third-order valence-corrected chi connectivity index (χ3v) is 7.09. The number of hydrogen-bond acceptors (Lipinski definition) is 8. The number of nitrogens with two attached hydrogens (primary N) is 1. The molecule has 1 unspecified atom stereocenters. The molecule has 0 aliphatic heterocycles. The van der Waals surface area contributed by atoms with Crippen molar-refractivity contribution in [2.24, 2.45) is 5.92 Å². The number of nitrogen functional groups attached to an aromatic ring is 1. The summed E-state index contributed by atoms with van der Waals surface area (Å²) in [6.45, 7) is 4.84. The van der Waals surface area contributed by atoms with Crippen LogP contribution in [0.1, 0.15) is 19.4 Å². The highest BCUT2D eigenvalue weighted by Crippen LogP contribution is 2.24. The third kappa shape index (κ3) is 9.17. The Morgan fingerprint density at radius 2 is 1.74 bits per heavy atom. The van der Waals surface area contributed by atoms with Crippen molar-refractivity contribution >= 4 is 29.6 Å². The molecule has 0 heterocycles. The first-order valence-corrected chi connectivity index (χ1v) is 12.8. The van der Waals surface area contributed by atoms with Gasteiger partial charge in [0, 0.05) is 31.7 Å². The van der Waals surface area contributed by atoms with Crippen molar-refractivity contribution in [3.63, 3.8) is 0 Å².